The second-order valence-corrected chi connectivity index (χ2v) is 6.47. The predicted octanol–water partition coefficient (Wildman–Crippen LogP) is 2.95. The first-order chi connectivity index (χ1) is 10.3. The first kappa shape index (κ1) is 16.2. The van der Waals surface area contributed by atoms with E-state index in [9.17, 15) is 18.5 Å². The van der Waals surface area contributed by atoms with E-state index >= 15 is 0 Å². The van der Waals surface area contributed by atoms with Crippen molar-refractivity contribution in [2.24, 2.45) is 0 Å². The fourth-order valence-electron chi connectivity index (χ4n) is 1.64. The molecule has 2 aromatic rings. The van der Waals surface area contributed by atoms with Gasteiger partial charge in [0, 0.05) is 11.1 Å². The van der Waals surface area contributed by atoms with E-state index in [1.807, 2.05) is 0 Å². The van der Waals surface area contributed by atoms with Gasteiger partial charge in [0.05, 0.1) is 9.82 Å². The number of benzene rings is 2. The second kappa shape index (κ2) is 6.30. The summed E-state index contributed by atoms with van der Waals surface area (Å²) in [7, 11) is -2.56. The molecule has 0 aromatic heterocycles. The normalized spacial score (nSPS) is 11.2. The number of hydrogen-bond acceptors (Lipinski definition) is 5. The smallest absolute Gasteiger partial charge is 0.312 e. The minimum atomic E-state index is -3.78. The molecule has 0 aliphatic carbocycles. The van der Waals surface area contributed by atoms with Gasteiger partial charge in [-0.1, -0.05) is 11.6 Å². The van der Waals surface area contributed by atoms with Gasteiger partial charge in [0.2, 0.25) is 15.8 Å². The van der Waals surface area contributed by atoms with Crippen LogP contribution >= 0.6 is 11.6 Å². The van der Waals surface area contributed by atoms with Crippen LogP contribution in [-0.4, -0.2) is 20.4 Å². The summed E-state index contributed by atoms with van der Waals surface area (Å²) in [6.07, 6.45) is 0. The Morgan fingerprint density at radius 1 is 1.18 bits per heavy atom. The molecule has 0 aliphatic heterocycles. The monoisotopic (exact) mass is 342 g/mol. The third-order valence-corrected chi connectivity index (χ3v) is 4.41. The average Bonchev–Trinajstić information content (AvgIpc) is 2.49. The molecular weight excluding hydrogens is 332 g/mol. The molecule has 0 unspecified atom stereocenters. The summed E-state index contributed by atoms with van der Waals surface area (Å²) in [5.74, 6) is 0.277. The zero-order chi connectivity index (χ0) is 16.3. The molecule has 0 bridgehead atoms. The molecule has 0 fully saturated rings. The van der Waals surface area contributed by atoms with Gasteiger partial charge in [0.15, 0.2) is 0 Å². The van der Waals surface area contributed by atoms with E-state index in [-0.39, 0.29) is 10.6 Å². The Balaban J connectivity index is 2.44. The molecule has 22 heavy (non-hydrogen) atoms. The highest BCUT2D eigenvalue weighted by Gasteiger charge is 2.21. The van der Waals surface area contributed by atoms with Crippen LogP contribution in [0.2, 0.25) is 5.02 Å². The maximum absolute atomic E-state index is 11.7. The molecule has 116 valence electrons. The van der Waals surface area contributed by atoms with Gasteiger partial charge in [-0.2, -0.15) is 0 Å². The zero-order valence-electron chi connectivity index (χ0n) is 11.3. The van der Waals surface area contributed by atoms with Crippen LogP contribution < -0.4 is 9.46 Å². The predicted molar refractivity (Wildman–Crippen MR) is 80.9 cm³/mol. The van der Waals surface area contributed by atoms with Gasteiger partial charge >= 0.3 is 5.69 Å². The van der Waals surface area contributed by atoms with Crippen LogP contribution in [0.25, 0.3) is 0 Å². The number of nitro groups is 1. The van der Waals surface area contributed by atoms with Gasteiger partial charge in [0.25, 0.3) is 0 Å². The fourth-order valence-corrected chi connectivity index (χ4v) is 2.52. The molecule has 0 spiro atoms. The molecule has 0 amide bonds. The molecule has 2 aromatic carbocycles. The van der Waals surface area contributed by atoms with E-state index in [4.69, 9.17) is 16.3 Å². The quantitative estimate of drug-likeness (QED) is 0.665. The Hall–Kier alpha value is -2.16. The van der Waals surface area contributed by atoms with Crippen molar-refractivity contribution in [1.82, 2.24) is 4.72 Å². The SMILES string of the molecule is CNS(=O)(=O)c1ccc(Oc2ccc(Cl)cc2)c([N+](=O)[O-])c1. The number of sulfonamides is 1. The van der Waals surface area contributed by atoms with Crippen molar-refractivity contribution in [2.75, 3.05) is 7.05 Å². The van der Waals surface area contributed by atoms with Crippen LogP contribution in [0.3, 0.4) is 0 Å². The summed E-state index contributed by atoms with van der Waals surface area (Å²) >= 11 is 5.75. The highest BCUT2D eigenvalue weighted by Crippen LogP contribution is 2.33. The van der Waals surface area contributed by atoms with Crippen molar-refractivity contribution >= 4 is 27.3 Å². The summed E-state index contributed by atoms with van der Waals surface area (Å²) < 4.78 is 30.9. The van der Waals surface area contributed by atoms with Gasteiger partial charge in [-0.05, 0) is 43.4 Å². The third-order valence-electron chi connectivity index (χ3n) is 2.75. The Kier molecular flexibility index (Phi) is 4.65. The molecule has 0 aliphatic rings. The maximum atomic E-state index is 11.7. The van der Waals surface area contributed by atoms with Gasteiger partial charge < -0.3 is 4.74 Å². The first-order valence-corrected chi connectivity index (χ1v) is 7.85. The average molecular weight is 343 g/mol. The number of hydrogen-bond donors (Lipinski definition) is 1. The number of nitro benzene ring substituents is 1. The van der Waals surface area contributed by atoms with Crippen molar-refractivity contribution in [2.45, 2.75) is 4.90 Å². The Morgan fingerprint density at radius 3 is 2.36 bits per heavy atom. The highest BCUT2D eigenvalue weighted by atomic mass is 35.5. The maximum Gasteiger partial charge on any atom is 0.312 e. The lowest BCUT2D eigenvalue weighted by Gasteiger charge is -2.08. The van der Waals surface area contributed by atoms with E-state index < -0.39 is 20.6 Å². The van der Waals surface area contributed by atoms with E-state index in [1.54, 1.807) is 24.3 Å². The summed E-state index contributed by atoms with van der Waals surface area (Å²) in [4.78, 5) is 10.2. The van der Waals surface area contributed by atoms with Gasteiger partial charge in [-0.3, -0.25) is 10.1 Å². The molecule has 7 nitrogen and oxygen atoms in total. The first-order valence-electron chi connectivity index (χ1n) is 5.99. The highest BCUT2D eigenvalue weighted by molar-refractivity contribution is 7.89. The van der Waals surface area contributed by atoms with Crippen LogP contribution in [0.15, 0.2) is 47.4 Å². The molecule has 0 atom stereocenters. The van der Waals surface area contributed by atoms with Gasteiger partial charge in [-0.15, -0.1) is 0 Å². The van der Waals surface area contributed by atoms with Crippen LogP contribution in [0.1, 0.15) is 0 Å². The Labute approximate surface area is 131 Å². The zero-order valence-corrected chi connectivity index (χ0v) is 12.9. The molecular formula is C13H11ClN2O5S. The number of nitrogens with one attached hydrogen (secondary N) is 1. The lowest BCUT2D eigenvalue weighted by molar-refractivity contribution is -0.385. The van der Waals surface area contributed by atoms with E-state index in [1.165, 1.54) is 19.2 Å². The van der Waals surface area contributed by atoms with Crippen molar-refractivity contribution in [1.29, 1.82) is 0 Å². The molecule has 0 heterocycles. The number of nitrogens with zero attached hydrogens (tertiary/aromatic N) is 1. The number of rotatable bonds is 5. The molecule has 2 rings (SSSR count). The van der Waals surface area contributed by atoms with Crippen LogP contribution in [0, 0.1) is 10.1 Å². The molecule has 0 saturated carbocycles. The van der Waals surface area contributed by atoms with Crippen molar-refractivity contribution in [3.63, 3.8) is 0 Å². The lowest BCUT2D eigenvalue weighted by atomic mass is 10.3. The van der Waals surface area contributed by atoms with Crippen molar-refractivity contribution in [3.8, 4) is 11.5 Å². The Bertz CT molecular complexity index is 806. The van der Waals surface area contributed by atoms with Gasteiger partial charge in [-0.25, -0.2) is 13.1 Å². The van der Waals surface area contributed by atoms with Crippen LogP contribution in [0.4, 0.5) is 5.69 Å². The van der Waals surface area contributed by atoms with Gasteiger partial charge in [0.1, 0.15) is 5.75 Å². The van der Waals surface area contributed by atoms with E-state index in [0.29, 0.717) is 10.8 Å². The third kappa shape index (κ3) is 3.53. The molecule has 9 heteroatoms. The largest absolute Gasteiger partial charge is 0.450 e. The van der Waals surface area contributed by atoms with Crippen LogP contribution in [-0.2, 0) is 10.0 Å². The van der Waals surface area contributed by atoms with Crippen LogP contribution in [0.5, 0.6) is 11.5 Å². The fraction of sp³-hybridized carbons (Fsp3) is 0.0769. The Morgan fingerprint density at radius 2 is 1.82 bits per heavy atom. The van der Waals surface area contributed by atoms with Crippen molar-refractivity contribution in [3.05, 3.63) is 57.6 Å². The lowest BCUT2D eigenvalue weighted by Crippen LogP contribution is -2.18. The van der Waals surface area contributed by atoms with Crippen molar-refractivity contribution < 1.29 is 18.1 Å². The summed E-state index contributed by atoms with van der Waals surface area (Å²) in [5.41, 5.74) is -0.453. The van der Waals surface area contributed by atoms with E-state index in [2.05, 4.69) is 4.72 Å². The standard InChI is InChI=1S/C13H11ClN2O5S/c1-15-22(19,20)11-6-7-13(12(8-11)16(17)18)21-10-4-2-9(14)3-5-10/h2-8,15H,1H3. The summed E-state index contributed by atoms with van der Waals surface area (Å²) in [6.45, 7) is 0. The second-order valence-electron chi connectivity index (χ2n) is 4.15. The number of halogens is 1. The summed E-state index contributed by atoms with van der Waals surface area (Å²) in [6, 6.07) is 9.64. The molecule has 1 N–H and O–H groups in total. The minimum Gasteiger partial charge on any atom is -0.450 e. The summed E-state index contributed by atoms with van der Waals surface area (Å²) in [5, 5.41) is 11.6. The topological polar surface area (TPSA) is 98.5 Å². The number of ether oxygens (including phenoxy) is 1. The minimum absolute atomic E-state index is 0.0672. The van der Waals surface area contributed by atoms with E-state index in [0.717, 1.165) is 6.07 Å². The molecule has 0 radical (unpaired) electrons. The molecule has 0 saturated heterocycles.